The highest BCUT2D eigenvalue weighted by molar-refractivity contribution is 5.67. The second kappa shape index (κ2) is 10.6. The predicted octanol–water partition coefficient (Wildman–Crippen LogP) is 7.91. The van der Waals surface area contributed by atoms with Gasteiger partial charge in [0.05, 0.1) is 19.3 Å². The van der Waals surface area contributed by atoms with Gasteiger partial charge in [-0.2, -0.15) is 4.39 Å². The topological polar surface area (TPSA) is 18.5 Å². The summed E-state index contributed by atoms with van der Waals surface area (Å²) in [6.07, 6.45) is 3.20. The average molecular weight is 488 g/mol. The van der Waals surface area contributed by atoms with Crippen LogP contribution in [0.2, 0.25) is 0 Å². The number of halogens is 5. The molecule has 3 aromatic carbocycles. The molecule has 0 heterocycles. The summed E-state index contributed by atoms with van der Waals surface area (Å²) in [5, 5.41) is 0. The highest BCUT2D eigenvalue weighted by Gasteiger charge is 2.21. The standard InChI is InChI=1S/C28H25F5O2/c1-3-34-24-13-12-22(27(32)28(24)33)18-5-6-19(23(29)14-18)15-35-20-9-7-17(8-10-20)21-11-4-16(2)25(30)26(21)31/h4-7,11-14,20H,3,8-10,15H2,1-2H3. The molecule has 0 radical (unpaired) electrons. The summed E-state index contributed by atoms with van der Waals surface area (Å²) in [4.78, 5) is 0. The maximum Gasteiger partial charge on any atom is 0.201 e. The first-order valence-corrected chi connectivity index (χ1v) is 11.4. The van der Waals surface area contributed by atoms with Gasteiger partial charge >= 0.3 is 0 Å². The molecule has 184 valence electrons. The number of hydrogen-bond acceptors (Lipinski definition) is 2. The molecular formula is C28H25F5O2. The van der Waals surface area contributed by atoms with E-state index in [1.165, 1.54) is 31.2 Å². The highest BCUT2D eigenvalue weighted by atomic mass is 19.2. The molecule has 0 bridgehead atoms. The Labute approximate surface area is 201 Å². The first kappa shape index (κ1) is 24.9. The van der Waals surface area contributed by atoms with Crippen LogP contribution in [0.4, 0.5) is 22.0 Å². The van der Waals surface area contributed by atoms with Gasteiger partial charge in [-0.15, -0.1) is 0 Å². The van der Waals surface area contributed by atoms with Gasteiger partial charge < -0.3 is 9.47 Å². The Morgan fingerprint density at radius 2 is 1.60 bits per heavy atom. The first-order valence-electron chi connectivity index (χ1n) is 11.4. The molecule has 0 aromatic heterocycles. The van der Waals surface area contributed by atoms with E-state index in [0.29, 0.717) is 19.3 Å². The van der Waals surface area contributed by atoms with Crippen LogP contribution >= 0.6 is 0 Å². The smallest absolute Gasteiger partial charge is 0.201 e. The summed E-state index contributed by atoms with van der Waals surface area (Å²) in [6.45, 7) is 3.36. The minimum absolute atomic E-state index is 0.00635. The molecule has 0 amide bonds. The molecule has 1 aliphatic rings. The van der Waals surface area contributed by atoms with E-state index in [-0.39, 0.29) is 52.9 Å². The van der Waals surface area contributed by atoms with Crippen LogP contribution in [-0.4, -0.2) is 12.7 Å². The number of rotatable bonds is 7. The molecule has 0 spiro atoms. The Bertz CT molecular complexity index is 1270. The van der Waals surface area contributed by atoms with Gasteiger partial charge in [0, 0.05) is 16.7 Å². The lowest BCUT2D eigenvalue weighted by atomic mass is 9.91. The molecule has 3 aromatic rings. The van der Waals surface area contributed by atoms with Crippen molar-refractivity contribution in [2.24, 2.45) is 0 Å². The monoisotopic (exact) mass is 488 g/mol. The summed E-state index contributed by atoms with van der Waals surface area (Å²) in [7, 11) is 0. The van der Waals surface area contributed by atoms with Crippen LogP contribution in [0.3, 0.4) is 0 Å². The third kappa shape index (κ3) is 5.25. The molecule has 1 aliphatic carbocycles. The third-order valence-electron chi connectivity index (χ3n) is 6.17. The molecule has 2 nitrogen and oxygen atoms in total. The lowest BCUT2D eigenvalue weighted by molar-refractivity contribution is 0.0345. The van der Waals surface area contributed by atoms with Crippen molar-refractivity contribution in [3.63, 3.8) is 0 Å². The molecule has 35 heavy (non-hydrogen) atoms. The van der Waals surface area contributed by atoms with Crippen molar-refractivity contribution in [3.8, 4) is 16.9 Å². The van der Waals surface area contributed by atoms with Crippen LogP contribution in [0.5, 0.6) is 5.75 Å². The van der Waals surface area contributed by atoms with Crippen molar-refractivity contribution >= 4 is 5.57 Å². The SMILES string of the molecule is CCOc1ccc(-c2ccc(COC3CC=C(c4ccc(C)c(F)c4F)CC3)c(F)c2)c(F)c1F. The first-order chi connectivity index (χ1) is 16.8. The Kier molecular flexibility index (Phi) is 7.55. The van der Waals surface area contributed by atoms with Crippen molar-refractivity contribution in [2.45, 2.75) is 45.8 Å². The van der Waals surface area contributed by atoms with Crippen LogP contribution in [0.1, 0.15) is 42.9 Å². The maximum absolute atomic E-state index is 14.7. The van der Waals surface area contributed by atoms with Crippen molar-refractivity contribution in [3.05, 3.63) is 94.3 Å². The van der Waals surface area contributed by atoms with Gasteiger partial charge in [-0.3, -0.25) is 0 Å². The van der Waals surface area contributed by atoms with Gasteiger partial charge in [-0.05, 0) is 68.0 Å². The second-order valence-corrected chi connectivity index (χ2v) is 8.47. The zero-order chi connectivity index (χ0) is 25.1. The number of allylic oxidation sites excluding steroid dienone is 1. The lowest BCUT2D eigenvalue weighted by Crippen LogP contribution is -2.16. The number of benzene rings is 3. The van der Waals surface area contributed by atoms with Crippen LogP contribution in [0.15, 0.2) is 48.5 Å². The van der Waals surface area contributed by atoms with Gasteiger partial charge in [-0.1, -0.05) is 30.3 Å². The fourth-order valence-electron chi connectivity index (χ4n) is 4.16. The largest absolute Gasteiger partial charge is 0.491 e. The van der Waals surface area contributed by atoms with Crippen LogP contribution < -0.4 is 4.74 Å². The van der Waals surface area contributed by atoms with E-state index in [1.54, 1.807) is 19.1 Å². The molecule has 1 unspecified atom stereocenters. The molecular weight excluding hydrogens is 463 g/mol. The van der Waals surface area contributed by atoms with E-state index >= 15 is 0 Å². The molecule has 4 rings (SSSR count). The Hall–Kier alpha value is -3.19. The van der Waals surface area contributed by atoms with Crippen molar-refractivity contribution in [1.82, 2.24) is 0 Å². The van der Waals surface area contributed by atoms with E-state index in [1.807, 2.05) is 6.08 Å². The van der Waals surface area contributed by atoms with Crippen LogP contribution in [0, 0.1) is 36.0 Å². The predicted molar refractivity (Wildman–Crippen MR) is 124 cm³/mol. The number of aryl methyl sites for hydroxylation is 1. The zero-order valence-electron chi connectivity index (χ0n) is 19.4. The van der Waals surface area contributed by atoms with Crippen molar-refractivity contribution < 1.29 is 31.4 Å². The summed E-state index contributed by atoms with van der Waals surface area (Å²) in [5.41, 5.74) is 1.65. The molecule has 0 saturated heterocycles. The molecule has 7 heteroatoms. The van der Waals surface area contributed by atoms with E-state index in [9.17, 15) is 22.0 Å². The van der Waals surface area contributed by atoms with E-state index < -0.39 is 29.1 Å². The number of hydrogen-bond donors (Lipinski definition) is 0. The summed E-state index contributed by atoms with van der Waals surface area (Å²) in [6, 6.07) is 9.93. The summed E-state index contributed by atoms with van der Waals surface area (Å²) < 4.78 is 82.4. The quantitative estimate of drug-likeness (QED) is 0.315. The van der Waals surface area contributed by atoms with Crippen LogP contribution in [0.25, 0.3) is 16.7 Å². The van der Waals surface area contributed by atoms with Crippen molar-refractivity contribution in [2.75, 3.05) is 6.61 Å². The average Bonchev–Trinajstić information content (AvgIpc) is 2.85. The molecule has 0 aliphatic heterocycles. The van der Waals surface area contributed by atoms with Gasteiger partial charge in [0.25, 0.3) is 0 Å². The van der Waals surface area contributed by atoms with Gasteiger partial charge in [0.15, 0.2) is 23.2 Å². The fourth-order valence-corrected chi connectivity index (χ4v) is 4.16. The Balaban J connectivity index is 1.41. The van der Waals surface area contributed by atoms with Crippen molar-refractivity contribution in [1.29, 1.82) is 0 Å². The summed E-state index contributed by atoms with van der Waals surface area (Å²) in [5.74, 6) is -4.70. The zero-order valence-corrected chi connectivity index (χ0v) is 19.4. The Morgan fingerprint density at radius 3 is 2.29 bits per heavy atom. The van der Waals surface area contributed by atoms with Crippen LogP contribution in [-0.2, 0) is 11.3 Å². The highest BCUT2D eigenvalue weighted by Crippen LogP contribution is 2.33. The summed E-state index contributed by atoms with van der Waals surface area (Å²) >= 11 is 0. The molecule has 1 atom stereocenters. The van der Waals surface area contributed by atoms with E-state index in [2.05, 4.69) is 0 Å². The maximum atomic E-state index is 14.7. The van der Waals surface area contributed by atoms with E-state index in [0.717, 1.165) is 11.6 Å². The van der Waals surface area contributed by atoms with Gasteiger partial charge in [-0.25, -0.2) is 17.6 Å². The normalized spacial score (nSPS) is 15.7. The minimum Gasteiger partial charge on any atom is -0.491 e. The van der Waals surface area contributed by atoms with Gasteiger partial charge in [0.2, 0.25) is 5.82 Å². The Morgan fingerprint density at radius 1 is 0.857 bits per heavy atom. The molecule has 0 fully saturated rings. The number of ether oxygens (including phenoxy) is 2. The minimum atomic E-state index is -1.12. The lowest BCUT2D eigenvalue weighted by Gasteiger charge is -2.23. The third-order valence-corrected chi connectivity index (χ3v) is 6.17. The molecule has 0 saturated carbocycles. The van der Waals surface area contributed by atoms with Gasteiger partial charge in [0.1, 0.15) is 5.82 Å². The fraction of sp³-hybridized carbons (Fsp3) is 0.286. The second-order valence-electron chi connectivity index (χ2n) is 8.47. The van der Waals surface area contributed by atoms with E-state index in [4.69, 9.17) is 9.47 Å². The molecule has 0 N–H and O–H groups in total.